The highest BCUT2D eigenvalue weighted by atomic mass is 32.2. The van der Waals surface area contributed by atoms with Crippen LogP contribution in [-0.4, -0.2) is 25.8 Å². The predicted molar refractivity (Wildman–Crippen MR) is 64.0 cm³/mol. The van der Waals surface area contributed by atoms with Crippen LogP contribution in [0.2, 0.25) is 0 Å². The van der Waals surface area contributed by atoms with Gasteiger partial charge in [0.2, 0.25) is 10.0 Å². The van der Waals surface area contributed by atoms with Crippen LogP contribution in [0.5, 0.6) is 0 Å². The first kappa shape index (κ1) is 10.7. The van der Waals surface area contributed by atoms with Gasteiger partial charge in [-0.3, -0.25) is 0 Å². The van der Waals surface area contributed by atoms with Crippen LogP contribution in [0.15, 0.2) is 21.7 Å². The molecule has 0 bridgehead atoms. The fourth-order valence-corrected chi connectivity index (χ4v) is 5.30. The highest BCUT2D eigenvalue weighted by Gasteiger charge is 2.46. The van der Waals surface area contributed by atoms with Crippen LogP contribution in [0.3, 0.4) is 0 Å². The molecule has 1 aromatic rings. The Morgan fingerprint density at radius 3 is 2.62 bits per heavy atom. The minimum absolute atomic E-state index is 0.336. The zero-order chi connectivity index (χ0) is 11.2. The van der Waals surface area contributed by atoms with E-state index in [1.54, 1.807) is 15.8 Å². The summed E-state index contributed by atoms with van der Waals surface area (Å²) in [5, 5.41) is 3.54. The molecule has 1 aromatic heterocycles. The number of rotatable bonds is 2. The zero-order valence-corrected chi connectivity index (χ0v) is 10.7. The van der Waals surface area contributed by atoms with E-state index in [0.29, 0.717) is 16.9 Å². The van der Waals surface area contributed by atoms with E-state index in [1.807, 2.05) is 5.38 Å². The summed E-state index contributed by atoms with van der Waals surface area (Å²) in [6.07, 6.45) is 4.74. The molecule has 1 saturated carbocycles. The first-order chi connectivity index (χ1) is 7.62. The van der Waals surface area contributed by atoms with Gasteiger partial charge in [-0.05, 0) is 36.1 Å². The Balaban J connectivity index is 1.84. The molecule has 3 nitrogen and oxygen atoms in total. The normalized spacial score (nSPS) is 24.8. The third-order valence-corrected chi connectivity index (χ3v) is 6.62. The lowest BCUT2D eigenvalue weighted by Gasteiger charge is -2.37. The standard InChI is InChI=1S/C11H15NO2S2/c13-16(14,10-2-7-15-8-10)12-6-5-11(9-12)3-1-4-11/h2,7-8H,1,3-6,9H2. The van der Waals surface area contributed by atoms with Crippen LogP contribution < -0.4 is 0 Å². The second-order valence-electron chi connectivity index (χ2n) is 4.90. The van der Waals surface area contributed by atoms with Gasteiger partial charge in [0.15, 0.2) is 0 Å². The molecule has 0 N–H and O–H groups in total. The van der Waals surface area contributed by atoms with Crippen LogP contribution in [0.25, 0.3) is 0 Å². The Kier molecular flexibility index (Phi) is 2.38. The summed E-state index contributed by atoms with van der Waals surface area (Å²) in [7, 11) is -3.20. The van der Waals surface area contributed by atoms with Gasteiger partial charge in [-0.1, -0.05) is 6.42 Å². The average molecular weight is 257 g/mol. The Morgan fingerprint density at radius 1 is 1.31 bits per heavy atom. The van der Waals surface area contributed by atoms with Gasteiger partial charge in [-0.25, -0.2) is 8.42 Å². The summed E-state index contributed by atoms with van der Waals surface area (Å²) in [5.41, 5.74) is 0.336. The van der Waals surface area contributed by atoms with E-state index < -0.39 is 10.0 Å². The topological polar surface area (TPSA) is 37.4 Å². The van der Waals surface area contributed by atoms with E-state index in [4.69, 9.17) is 0 Å². The quantitative estimate of drug-likeness (QED) is 0.815. The molecule has 1 spiro atoms. The van der Waals surface area contributed by atoms with Crippen molar-refractivity contribution in [3.8, 4) is 0 Å². The van der Waals surface area contributed by atoms with Crippen molar-refractivity contribution in [1.29, 1.82) is 0 Å². The van der Waals surface area contributed by atoms with Crippen molar-refractivity contribution in [3.63, 3.8) is 0 Å². The molecule has 1 aliphatic carbocycles. The predicted octanol–water partition coefficient (Wildman–Crippen LogP) is 2.31. The molecule has 5 heteroatoms. The van der Waals surface area contributed by atoms with Gasteiger partial charge < -0.3 is 0 Å². The van der Waals surface area contributed by atoms with E-state index in [-0.39, 0.29) is 0 Å². The maximum Gasteiger partial charge on any atom is 0.243 e. The molecule has 1 aliphatic heterocycles. The molecular formula is C11H15NO2S2. The monoisotopic (exact) mass is 257 g/mol. The fraction of sp³-hybridized carbons (Fsp3) is 0.636. The summed E-state index contributed by atoms with van der Waals surface area (Å²) in [5.74, 6) is 0. The highest BCUT2D eigenvalue weighted by molar-refractivity contribution is 7.89. The van der Waals surface area contributed by atoms with E-state index in [0.717, 1.165) is 13.0 Å². The smallest absolute Gasteiger partial charge is 0.207 e. The first-order valence-corrected chi connectivity index (χ1v) is 8.03. The fourth-order valence-electron chi connectivity index (χ4n) is 2.73. The molecule has 0 unspecified atom stereocenters. The summed E-state index contributed by atoms with van der Waals surface area (Å²) in [6.45, 7) is 1.45. The van der Waals surface area contributed by atoms with Gasteiger partial charge in [-0.2, -0.15) is 15.6 Å². The van der Waals surface area contributed by atoms with E-state index in [1.165, 1.54) is 30.6 Å². The summed E-state index contributed by atoms with van der Waals surface area (Å²) in [4.78, 5) is 0.467. The second kappa shape index (κ2) is 3.55. The lowest BCUT2D eigenvalue weighted by Crippen LogP contribution is -2.35. The van der Waals surface area contributed by atoms with Crippen molar-refractivity contribution >= 4 is 21.4 Å². The van der Waals surface area contributed by atoms with Crippen molar-refractivity contribution in [2.24, 2.45) is 5.41 Å². The molecule has 0 atom stereocenters. The summed E-state index contributed by atoms with van der Waals surface area (Å²) < 4.78 is 26.2. The van der Waals surface area contributed by atoms with Gasteiger partial charge in [0.25, 0.3) is 0 Å². The van der Waals surface area contributed by atoms with Crippen molar-refractivity contribution in [2.45, 2.75) is 30.6 Å². The lowest BCUT2D eigenvalue weighted by atomic mass is 9.68. The van der Waals surface area contributed by atoms with Crippen LogP contribution in [0.4, 0.5) is 0 Å². The summed E-state index contributed by atoms with van der Waals surface area (Å²) >= 11 is 1.44. The molecule has 2 fully saturated rings. The zero-order valence-electron chi connectivity index (χ0n) is 9.05. The SMILES string of the molecule is O=S(=O)(c1ccsc1)N1CCC2(CCC2)C1. The van der Waals surface area contributed by atoms with Gasteiger partial charge >= 0.3 is 0 Å². The molecule has 0 amide bonds. The maximum atomic E-state index is 12.3. The Labute approximate surface area is 100 Å². The van der Waals surface area contributed by atoms with Crippen molar-refractivity contribution < 1.29 is 8.42 Å². The number of hydrogen-bond acceptors (Lipinski definition) is 3. The number of thiophene rings is 1. The third-order valence-electron chi connectivity index (χ3n) is 3.95. The van der Waals surface area contributed by atoms with E-state index in [9.17, 15) is 8.42 Å². The molecule has 88 valence electrons. The van der Waals surface area contributed by atoms with Gasteiger partial charge in [0.05, 0.1) is 4.90 Å². The number of hydrogen-bond donors (Lipinski definition) is 0. The largest absolute Gasteiger partial charge is 0.243 e. The molecule has 0 radical (unpaired) electrons. The van der Waals surface area contributed by atoms with Crippen LogP contribution in [-0.2, 0) is 10.0 Å². The minimum Gasteiger partial charge on any atom is -0.207 e. The van der Waals surface area contributed by atoms with Crippen LogP contribution in [0, 0.1) is 5.41 Å². The van der Waals surface area contributed by atoms with Gasteiger partial charge in [0.1, 0.15) is 0 Å². The Hall–Kier alpha value is -0.390. The van der Waals surface area contributed by atoms with Gasteiger partial charge in [0, 0.05) is 18.5 Å². The van der Waals surface area contributed by atoms with E-state index >= 15 is 0 Å². The molecule has 0 aromatic carbocycles. The molecule has 3 rings (SSSR count). The highest BCUT2D eigenvalue weighted by Crippen LogP contribution is 2.49. The number of sulfonamides is 1. The molecular weight excluding hydrogens is 242 g/mol. The minimum atomic E-state index is -3.20. The maximum absolute atomic E-state index is 12.3. The third kappa shape index (κ3) is 1.53. The molecule has 2 heterocycles. The van der Waals surface area contributed by atoms with Crippen molar-refractivity contribution in [3.05, 3.63) is 16.8 Å². The second-order valence-corrected chi connectivity index (χ2v) is 7.62. The molecule has 1 saturated heterocycles. The summed E-state index contributed by atoms with van der Waals surface area (Å²) in [6, 6.07) is 1.70. The number of nitrogens with zero attached hydrogens (tertiary/aromatic N) is 1. The molecule has 16 heavy (non-hydrogen) atoms. The van der Waals surface area contributed by atoms with Crippen LogP contribution in [0.1, 0.15) is 25.7 Å². The Bertz CT molecular complexity index is 474. The lowest BCUT2D eigenvalue weighted by molar-refractivity contribution is 0.153. The van der Waals surface area contributed by atoms with Crippen molar-refractivity contribution in [1.82, 2.24) is 4.31 Å². The van der Waals surface area contributed by atoms with Crippen LogP contribution >= 0.6 is 11.3 Å². The molecule has 2 aliphatic rings. The Morgan fingerprint density at radius 2 is 2.12 bits per heavy atom. The van der Waals surface area contributed by atoms with E-state index in [2.05, 4.69) is 0 Å². The average Bonchev–Trinajstić information content (AvgIpc) is 2.87. The van der Waals surface area contributed by atoms with Gasteiger partial charge in [-0.15, -0.1) is 0 Å². The first-order valence-electron chi connectivity index (χ1n) is 5.65. The van der Waals surface area contributed by atoms with Crippen molar-refractivity contribution in [2.75, 3.05) is 13.1 Å².